The minimum atomic E-state index is -1.09. The Bertz CT molecular complexity index is 1250. The molecule has 0 aliphatic rings. The fourth-order valence-electron chi connectivity index (χ4n) is 2.92. The summed E-state index contributed by atoms with van der Waals surface area (Å²) in [4.78, 5) is 40.7. The smallest absolute Gasteiger partial charge is 0.335 e. The fraction of sp³-hybridized carbons (Fsp3) is 0.190. The van der Waals surface area contributed by atoms with Gasteiger partial charge in [0.05, 0.1) is 29.9 Å². The van der Waals surface area contributed by atoms with E-state index in [2.05, 4.69) is 9.98 Å². The third-order valence-corrected chi connectivity index (χ3v) is 4.51. The van der Waals surface area contributed by atoms with Crippen LogP contribution in [0.1, 0.15) is 24.2 Å². The molecule has 3 aromatic rings. The molecule has 11 heteroatoms. The number of H-pyrrole nitrogens is 1. The molecule has 3 rings (SSSR count). The number of benzene rings is 2. The lowest BCUT2D eigenvalue weighted by Gasteiger charge is -2.11. The number of nitrogens with zero attached hydrogens (tertiary/aromatic N) is 3. The number of aromatic amines is 1. The van der Waals surface area contributed by atoms with Gasteiger partial charge in [0, 0.05) is 18.3 Å². The number of hydrogen-bond donors (Lipinski definition) is 3. The molecule has 11 nitrogen and oxygen atoms in total. The molecular formula is C21H20N4O7. The van der Waals surface area contributed by atoms with Crippen molar-refractivity contribution in [3.63, 3.8) is 0 Å². The number of nitrogens with one attached hydrogen (secondary N) is 1. The summed E-state index contributed by atoms with van der Waals surface area (Å²) >= 11 is 0. The van der Waals surface area contributed by atoms with Crippen LogP contribution in [-0.2, 0) is 0 Å². The zero-order valence-corrected chi connectivity index (χ0v) is 17.0. The number of aliphatic hydroxyl groups is 1. The van der Waals surface area contributed by atoms with Crippen LogP contribution >= 0.6 is 0 Å². The minimum Gasteiger partial charge on any atom is -0.494 e. The number of non-ortho nitro benzene ring substituents is 1. The molecule has 0 spiro atoms. The Kier molecular flexibility index (Phi) is 6.80. The van der Waals surface area contributed by atoms with Gasteiger partial charge in [0.15, 0.2) is 0 Å². The first-order chi connectivity index (χ1) is 15.3. The summed E-state index contributed by atoms with van der Waals surface area (Å²) in [7, 11) is 0. The minimum absolute atomic E-state index is 0.113. The first kappa shape index (κ1) is 22.4. The Balaban J connectivity index is 1.84. The summed E-state index contributed by atoms with van der Waals surface area (Å²) in [6.45, 7) is 2.12. The van der Waals surface area contributed by atoms with Crippen LogP contribution in [0.5, 0.6) is 11.6 Å². The Hall–Kier alpha value is -4.25. The maximum atomic E-state index is 12.3. The molecule has 0 aliphatic heterocycles. The molecule has 1 aromatic heterocycles. The van der Waals surface area contributed by atoms with Gasteiger partial charge < -0.3 is 14.9 Å². The summed E-state index contributed by atoms with van der Waals surface area (Å²) in [5, 5.41) is 31.5. The molecule has 2 aromatic carbocycles. The van der Waals surface area contributed by atoms with Crippen LogP contribution in [0.25, 0.3) is 5.69 Å². The number of aromatic nitrogens is 2. The van der Waals surface area contributed by atoms with Crippen LogP contribution in [0, 0.1) is 10.1 Å². The van der Waals surface area contributed by atoms with E-state index < -0.39 is 28.2 Å². The van der Waals surface area contributed by atoms with E-state index in [-0.39, 0.29) is 17.8 Å². The summed E-state index contributed by atoms with van der Waals surface area (Å²) in [6, 6.07) is 11.6. The molecule has 0 saturated carbocycles. The zero-order chi connectivity index (χ0) is 23.3. The molecule has 0 unspecified atom stereocenters. The van der Waals surface area contributed by atoms with E-state index in [4.69, 9.17) is 4.74 Å². The van der Waals surface area contributed by atoms with Gasteiger partial charge in [-0.1, -0.05) is 0 Å². The van der Waals surface area contributed by atoms with Gasteiger partial charge in [0.25, 0.3) is 11.2 Å². The maximum absolute atomic E-state index is 12.3. The van der Waals surface area contributed by atoms with Gasteiger partial charge >= 0.3 is 5.69 Å². The number of nitro benzene ring substituents is 1. The quantitative estimate of drug-likeness (QED) is 0.273. The monoisotopic (exact) mass is 440 g/mol. The number of aliphatic hydroxyl groups excluding tert-OH is 1. The van der Waals surface area contributed by atoms with E-state index in [1.54, 1.807) is 24.3 Å². The van der Waals surface area contributed by atoms with Crippen LogP contribution in [0.15, 0.2) is 63.1 Å². The van der Waals surface area contributed by atoms with Crippen LogP contribution in [0.2, 0.25) is 0 Å². The van der Waals surface area contributed by atoms with Crippen LogP contribution in [0.3, 0.4) is 0 Å². The highest BCUT2D eigenvalue weighted by atomic mass is 16.6. The van der Waals surface area contributed by atoms with Gasteiger partial charge in [0.1, 0.15) is 11.3 Å². The van der Waals surface area contributed by atoms with E-state index in [0.29, 0.717) is 23.6 Å². The first-order valence-electron chi connectivity index (χ1n) is 9.55. The summed E-state index contributed by atoms with van der Waals surface area (Å²) < 4.78 is 6.25. The van der Waals surface area contributed by atoms with E-state index in [1.165, 1.54) is 24.3 Å². The topological polar surface area (TPSA) is 160 Å². The largest absolute Gasteiger partial charge is 0.494 e. The lowest BCUT2D eigenvalue weighted by molar-refractivity contribution is -0.384. The maximum Gasteiger partial charge on any atom is 0.335 e. The van der Waals surface area contributed by atoms with Crippen molar-refractivity contribution in [2.45, 2.75) is 13.0 Å². The number of hydrogen-bond acceptors (Lipinski definition) is 8. The van der Waals surface area contributed by atoms with Gasteiger partial charge in [-0.25, -0.2) is 9.36 Å². The highest BCUT2D eigenvalue weighted by Gasteiger charge is 2.15. The molecule has 166 valence electrons. The van der Waals surface area contributed by atoms with Crippen molar-refractivity contribution in [2.75, 3.05) is 13.2 Å². The van der Waals surface area contributed by atoms with Gasteiger partial charge in [-0.05, 0) is 48.9 Å². The van der Waals surface area contributed by atoms with Crippen molar-refractivity contribution in [3.8, 4) is 17.3 Å². The normalized spacial score (nSPS) is 12.1. The lowest BCUT2D eigenvalue weighted by atomic mass is 10.1. The first-order valence-corrected chi connectivity index (χ1v) is 9.55. The predicted molar refractivity (Wildman–Crippen MR) is 116 cm³/mol. The van der Waals surface area contributed by atoms with E-state index in [9.17, 15) is 29.9 Å². The third kappa shape index (κ3) is 4.90. The van der Waals surface area contributed by atoms with Crippen molar-refractivity contribution in [1.82, 2.24) is 9.55 Å². The predicted octanol–water partition coefficient (Wildman–Crippen LogP) is 1.69. The second-order valence-electron chi connectivity index (χ2n) is 6.62. The molecule has 0 bridgehead atoms. The zero-order valence-electron chi connectivity index (χ0n) is 17.0. The fourth-order valence-corrected chi connectivity index (χ4v) is 2.92. The van der Waals surface area contributed by atoms with Gasteiger partial charge in [0.2, 0.25) is 5.88 Å². The Morgan fingerprint density at radius 1 is 1.19 bits per heavy atom. The number of rotatable bonds is 8. The van der Waals surface area contributed by atoms with Crippen LogP contribution in [-0.4, -0.2) is 44.1 Å². The average molecular weight is 440 g/mol. The number of aliphatic imine (C=N–C) groups is 1. The van der Waals surface area contributed by atoms with Crippen molar-refractivity contribution < 1.29 is 19.9 Å². The second-order valence-corrected chi connectivity index (χ2v) is 6.62. The number of aromatic hydroxyl groups is 1. The Labute approximate surface area is 181 Å². The highest BCUT2D eigenvalue weighted by Crippen LogP contribution is 2.20. The molecule has 3 N–H and O–H groups in total. The summed E-state index contributed by atoms with van der Waals surface area (Å²) in [6.07, 6.45) is -0.0434. The molecule has 0 saturated heterocycles. The molecule has 0 radical (unpaired) electrons. The van der Waals surface area contributed by atoms with Crippen molar-refractivity contribution in [2.24, 2.45) is 4.99 Å². The van der Waals surface area contributed by atoms with Crippen molar-refractivity contribution >= 4 is 11.9 Å². The van der Waals surface area contributed by atoms with Crippen LogP contribution in [0.4, 0.5) is 5.69 Å². The highest BCUT2D eigenvalue weighted by molar-refractivity contribution is 5.82. The van der Waals surface area contributed by atoms with Crippen LogP contribution < -0.4 is 16.0 Å². The third-order valence-electron chi connectivity index (χ3n) is 4.51. The lowest BCUT2D eigenvalue weighted by Crippen LogP contribution is -2.31. The van der Waals surface area contributed by atoms with Gasteiger partial charge in [-0.3, -0.25) is 24.9 Å². The SMILES string of the molecule is CCOc1ccc(-n2c(O)c(C=NC[C@@H](O)c3ccc([N+](=O)[O-])cc3)c(=O)[nH]c2=O)cc1. The molecule has 32 heavy (non-hydrogen) atoms. The molecule has 1 atom stereocenters. The Morgan fingerprint density at radius 3 is 2.44 bits per heavy atom. The van der Waals surface area contributed by atoms with Crippen molar-refractivity contribution in [3.05, 3.63) is 90.6 Å². The molecule has 1 heterocycles. The molecule has 0 amide bonds. The summed E-state index contributed by atoms with van der Waals surface area (Å²) in [5.74, 6) is -0.0354. The standard InChI is InChI=1S/C21H20N4O7/c1-2-32-16-9-7-14(8-10-16)24-20(28)17(19(27)23-21(24)29)11-22-12-18(26)13-3-5-15(6-4-13)25(30)31/h3-11,18,26,28H,2,12H2,1H3,(H,23,27,29)/t18-/m1/s1. The van der Waals surface area contributed by atoms with E-state index >= 15 is 0 Å². The second kappa shape index (κ2) is 9.71. The van der Waals surface area contributed by atoms with Gasteiger partial charge in [-0.15, -0.1) is 0 Å². The average Bonchev–Trinajstić information content (AvgIpc) is 2.77. The van der Waals surface area contributed by atoms with E-state index in [0.717, 1.165) is 10.8 Å². The number of ether oxygens (including phenoxy) is 1. The summed E-state index contributed by atoms with van der Waals surface area (Å²) in [5.41, 5.74) is -1.37. The molecule has 0 fully saturated rings. The number of nitro groups is 1. The van der Waals surface area contributed by atoms with Gasteiger partial charge in [-0.2, -0.15) is 0 Å². The molecular weight excluding hydrogens is 420 g/mol. The molecule has 0 aliphatic carbocycles. The Morgan fingerprint density at radius 2 is 1.84 bits per heavy atom. The van der Waals surface area contributed by atoms with Crippen molar-refractivity contribution in [1.29, 1.82) is 0 Å². The van der Waals surface area contributed by atoms with E-state index in [1.807, 2.05) is 6.92 Å².